The predicted molar refractivity (Wildman–Crippen MR) is 67.1 cm³/mol. The van der Waals surface area contributed by atoms with E-state index in [0.717, 1.165) is 5.56 Å². The van der Waals surface area contributed by atoms with Gasteiger partial charge in [0, 0.05) is 10.7 Å². The molecule has 0 spiro atoms. The maximum atomic E-state index is 5.18. The molecule has 4 heteroatoms. The first-order valence-corrected chi connectivity index (χ1v) is 5.17. The second-order valence-corrected chi connectivity index (χ2v) is 4.68. The fraction of sp³-hybridized carbons (Fsp3) is 0.333. The van der Waals surface area contributed by atoms with Crippen LogP contribution < -0.4 is 16.6 Å². The third kappa shape index (κ3) is 3.73. The van der Waals surface area contributed by atoms with E-state index in [1.54, 1.807) is 6.21 Å². The molecule has 1 aromatic carbocycles. The van der Waals surface area contributed by atoms with E-state index in [1.165, 1.54) is 5.56 Å². The Morgan fingerprint density at radius 2 is 1.75 bits per heavy atom. The summed E-state index contributed by atoms with van der Waals surface area (Å²) in [6, 6.07) is 8.25. The van der Waals surface area contributed by atoms with E-state index in [9.17, 15) is 0 Å². The van der Waals surface area contributed by atoms with Crippen molar-refractivity contribution in [3.8, 4) is 0 Å². The lowest BCUT2D eigenvalue weighted by molar-refractivity contribution is -0.456. The molecule has 0 heterocycles. The highest BCUT2D eigenvalue weighted by molar-refractivity contribution is 5.77. The van der Waals surface area contributed by atoms with Crippen molar-refractivity contribution in [1.29, 1.82) is 0 Å². The third-order valence-corrected chi connectivity index (χ3v) is 2.20. The summed E-state index contributed by atoms with van der Waals surface area (Å²) in [6.45, 7) is 6.55. The Hall–Kier alpha value is -1.84. The highest BCUT2D eigenvalue weighted by atomic mass is 15.3. The third-order valence-electron chi connectivity index (χ3n) is 2.20. The van der Waals surface area contributed by atoms with Crippen LogP contribution in [0.4, 0.5) is 0 Å². The van der Waals surface area contributed by atoms with Crippen molar-refractivity contribution >= 4 is 12.2 Å². The minimum absolute atomic E-state index is 0.0163. The molecule has 0 bridgehead atoms. The van der Waals surface area contributed by atoms with Crippen LogP contribution in [-0.4, -0.2) is 12.2 Å². The number of nitrogens with zero attached hydrogens (tertiary/aromatic N) is 1. The Labute approximate surface area is 96.1 Å². The average molecular weight is 219 g/mol. The van der Waals surface area contributed by atoms with Crippen LogP contribution in [0.3, 0.4) is 0 Å². The van der Waals surface area contributed by atoms with Gasteiger partial charge in [-0.05, 0) is 23.1 Å². The van der Waals surface area contributed by atoms with Crippen molar-refractivity contribution < 1.29 is 5.10 Å². The number of nitrogens with two attached hydrogens (primary N) is 2. The number of hydrogen-bond acceptors (Lipinski definition) is 1. The van der Waals surface area contributed by atoms with Gasteiger partial charge in [-0.15, -0.1) is 5.10 Å². The van der Waals surface area contributed by atoms with Crippen LogP contribution >= 0.6 is 0 Å². The second-order valence-electron chi connectivity index (χ2n) is 4.68. The number of guanidine groups is 1. The van der Waals surface area contributed by atoms with Gasteiger partial charge in [0.05, 0.1) is 0 Å². The van der Waals surface area contributed by atoms with Gasteiger partial charge >= 0.3 is 0 Å². The first kappa shape index (κ1) is 12.2. The van der Waals surface area contributed by atoms with Crippen molar-refractivity contribution in [1.82, 2.24) is 0 Å². The monoisotopic (exact) mass is 219 g/mol. The van der Waals surface area contributed by atoms with Gasteiger partial charge in [-0.25, -0.2) is 0 Å². The van der Waals surface area contributed by atoms with Gasteiger partial charge in [0.25, 0.3) is 5.96 Å². The maximum absolute atomic E-state index is 5.18. The summed E-state index contributed by atoms with van der Waals surface area (Å²) in [5.41, 5.74) is 12.9. The normalized spacial score (nSPS) is 11.7. The van der Waals surface area contributed by atoms with E-state index in [4.69, 9.17) is 11.5 Å². The van der Waals surface area contributed by atoms with E-state index in [-0.39, 0.29) is 11.4 Å². The first-order valence-electron chi connectivity index (χ1n) is 5.17. The summed E-state index contributed by atoms with van der Waals surface area (Å²) in [5.74, 6) is 0.0163. The Morgan fingerprint density at radius 3 is 2.19 bits per heavy atom. The molecule has 16 heavy (non-hydrogen) atoms. The molecule has 1 aromatic rings. The van der Waals surface area contributed by atoms with Gasteiger partial charge in [0.2, 0.25) is 6.21 Å². The van der Waals surface area contributed by atoms with Crippen LogP contribution in [0.5, 0.6) is 0 Å². The highest BCUT2D eigenvalue weighted by Gasteiger charge is 2.12. The number of hydrogen-bond donors (Lipinski definition) is 3. The minimum Gasteiger partial charge on any atom is -0.365 e. The van der Waals surface area contributed by atoms with Gasteiger partial charge in [-0.2, -0.15) is 0 Å². The van der Waals surface area contributed by atoms with Crippen molar-refractivity contribution in [3.05, 3.63) is 35.4 Å². The van der Waals surface area contributed by atoms with Crippen LogP contribution in [0.25, 0.3) is 0 Å². The Morgan fingerprint density at radius 1 is 1.19 bits per heavy atom. The lowest BCUT2D eigenvalue weighted by Crippen LogP contribution is -2.63. The maximum Gasteiger partial charge on any atom is 0.256 e. The summed E-state index contributed by atoms with van der Waals surface area (Å²) >= 11 is 0. The molecule has 1 rings (SSSR count). The van der Waals surface area contributed by atoms with Gasteiger partial charge in [-0.3, -0.25) is 0 Å². The molecule has 86 valence electrons. The molecule has 0 radical (unpaired) electrons. The Balaban J connectivity index is 2.80. The van der Waals surface area contributed by atoms with Gasteiger partial charge in [0.1, 0.15) is 0 Å². The van der Waals surface area contributed by atoms with Gasteiger partial charge in [0.15, 0.2) is 0 Å². The molecular formula is C12H19N4+. The SMILES string of the molecule is CC(C)(C)c1ccc(/C=[NH+]\N=C(N)N)cc1. The molecule has 0 aromatic heterocycles. The largest absolute Gasteiger partial charge is 0.365 e. The number of hydrazone groups is 1. The molecule has 0 aliphatic carbocycles. The molecule has 0 fully saturated rings. The number of benzene rings is 1. The summed E-state index contributed by atoms with van der Waals surface area (Å²) in [5, 5.41) is 6.33. The molecule has 0 saturated carbocycles. The van der Waals surface area contributed by atoms with Crippen molar-refractivity contribution in [2.45, 2.75) is 26.2 Å². The Bertz CT molecular complexity index is 392. The standard InChI is InChI=1S/C12H18N4/c1-12(2,3)10-6-4-9(5-7-10)8-15-16-11(13)14/h4-8H,1-3H3,(H4,13,14,16)/p+1/b15-8-. The highest BCUT2D eigenvalue weighted by Crippen LogP contribution is 2.21. The van der Waals surface area contributed by atoms with E-state index >= 15 is 0 Å². The zero-order chi connectivity index (χ0) is 12.2. The fourth-order valence-electron chi connectivity index (χ4n) is 1.26. The average Bonchev–Trinajstić information content (AvgIpc) is 2.16. The molecule has 4 nitrogen and oxygen atoms in total. The number of rotatable bonds is 2. The second kappa shape index (κ2) is 4.79. The summed E-state index contributed by atoms with van der Waals surface area (Å²) in [6.07, 6.45) is 1.74. The topological polar surface area (TPSA) is 78.4 Å². The Kier molecular flexibility index (Phi) is 3.66. The zero-order valence-electron chi connectivity index (χ0n) is 9.99. The van der Waals surface area contributed by atoms with Crippen molar-refractivity contribution in [3.63, 3.8) is 0 Å². The molecular weight excluding hydrogens is 200 g/mol. The van der Waals surface area contributed by atoms with E-state index in [0.29, 0.717) is 0 Å². The summed E-state index contributed by atoms with van der Waals surface area (Å²) < 4.78 is 0. The molecule has 0 saturated heterocycles. The summed E-state index contributed by atoms with van der Waals surface area (Å²) in [4.78, 5) is 0. The molecule has 0 aliphatic rings. The quantitative estimate of drug-likeness (QED) is 0.362. The number of nitrogens with one attached hydrogen (secondary N) is 1. The van der Waals surface area contributed by atoms with Crippen LogP contribution in [0.15, 0.2) is 29.4 Å². The van der Waals surface area contributed by atoms with Crippen LogP contribution in [-0.2, 0) is 5.41 Å². The van der Waals surface area contributed by atoms with E-state index < -0.39 is 0 Å². The van der Waals surface area contributed by atoms with Crippen LogP contribution in [0.2, 0.25) is 0 Å². The van der Waals surface area contributed by atoms with Crippen LogP contribution in [0, 0.1) is 0 Å². The van der Waals surface area contributed by atoms with Crippen molar-refractivity contribution in [2.24, 2.45) is 16.6 Å². The molecule has 0 aliphatic heterocycles. The van der Waals surface area contributed by atoms with Gasteiger partial charge in [-0.1, -0.05) is 32.9 Å². The minimum atomic E-state index is 0.0163. The van der Waals surface area contributed by atoms with Gasteiger partial charge < -0.3 is 11.5 Å². The molecule has 0 unspecified atom stereocenters. The first-order chi connectivity index (χ1) is 7.39. The summed E-state index contributed by atoms with van der Waals surface area (Å²) in [7, 11) is 0. The lowest BCUT2D eigenvalue weighted by Gasteiger charge is -2.18. The van der Waals surface area contributed by atoms with E-state index in [1.807, 2.05) is 12.1 Å². The fourth-order valence-corrected chi connectivity index (χ4v) is 1.26. The molecule has 5 N–H and O–H groups in total. The van der Waals surface area contributed by atoms with Crippen LogP contribution in [0.1, 0.15) is 31.9 Å². The molecule has 0 amide bonds. The van der Waals surface area contributed by atoms with E-state index in [2.05, 4.69) is 43.1 Å². The smallest absolute Gasteiger partial charge is 0.256 e. The zero-order valence-corrected chi connectivity index (χ0v) is 9.99. The molecule has 0 atom stereocenters. The lowest BCUT2D eigenvalue weighted by atomic mass is 9.87. The predicted octanol–water partition coefficient (Wildman–Crippen LogP) is -0.328. The van der Waals surface area contributed by atoms with Crippen molar-refractivity contribution in [2.75, 3.05) is 0 Å².